The molecule has 25 heavy (non-hydrogen) atoms. The molecule has 0 aliphatic carbocycles. The van der Waals surface area contributed by atoms with E-state index in [2.05, 4.69) is 18.8 Å². The number of nitrogens with zero attached hydrogens (tertiary/aromatic N) is 2. The fourth-order valence-corrected chi connectivity index (χ4v) is 2.87. The number of hydrogen-bond acceptors (Lipinski definition) is 3. The van der Waals surface area contributed by atoms with Gasteiger partial charge >= 0.3 is 0 Å². The number of likely N-dealkylation sites (tertiary alicyclic amines) is 1. The van der Waals surface area contributed by atoms with E-state index >= 15 is 0 Å². The molecule has 0 spiro atoms. The lowest BCUT2D eigenvalue weighted by molar-refractivity contribution is -0.107. The summed E-state index contributed by atoms with van der Waals surface area (Å²) < 4.78 is 14.2. The lowest BCUT2D eigenvalue weighted by Gasteiger charge is -2.30. The number of piperidine rings is 1. The Balaban J connectivity index is 2.16. The van der Waals surface area contributed by atoms with Crippen molar-refractivity contribution in [3.63, 3.8) is 0 Å². The quantitative estimate of drug-likeness (QED) is 0.772. The molecule has 5 nitrogen and oxygen atoms in total. The highest BCUT2D eigenvalue weighted by atomic mass is 19.1. The standard InChI is InChI=1S/C19H26FN3O2/c1-14-6-9-22(10-7-14)19(25)16-4-5-17(20)18(12-16)23(13-24)11-8-15(2)21-3/h4-5,12-14,21H,2,6-11H2,1,3H3. The Bertz CT molecular complexity index is 640. The number of hydrogen-bond donors (Lipinski definition) is 1. The number of amides is 2. The molecule has 1 aromatic rings. The zero-order valence-electron chi connectivity index (χ0n) is 14.9. The number of anilines is 1. The molecule has 0 aromatic heterocycles. The highest BCUT2D eigenvalue weighted by Crippen LogP contribution is 2.23. The first-order valence-corrected chi connectivity index (χ1v) is 8.62. The molecule has 1 aliphatic heterocycles. The number of halogens is 1. The summed E-state index contributed by atoms with van der Waals surface area (Å²) in [4.78, 5) is 27.1. The molecule has 1 aromatic carbocycles. The van der Waals surface area contributed by atoms with Crippen LogP contribution in [0.2, 0.25) is 0 Å². The highest BCUT2D eigenvalue weighted by molar-refractivity contribution is 5.96. The van der Waals surface area contributed by atoms with Crippen molar-refractivity contribution >= 4 is 18.0 Å². The maximum atomic E-state index is 14.2. The van der Waals surface area contributed by atoms with Gasteiger partial charge in [-0.25, -0.2) is 4.39 Å². The van der Waals surface area contributed by atoms with E-state index in [4.69, 9.17) is 0 Å². The molecule has 2 amide bonds. The van der Waals surface area contributed by atoms with Crippen LogP contribution in [0.5, 0.6) is 0 Å². The third-order valence-electron chi connectivity index (χ3n) is 4.71. The van der Waals surface area contributed by atoms with Crippen molar-refractivity contribution in [1.29, 1.82) is 0 Å². The van der Waals surface area contributed by atoms with Crippen LogP contribution in [0, 0.1) is 11.7 Å². The molecule has 1 saturated heterocycles. The molecule has 0 bridgehead atoms. The Kier molecular flexibility index (Phi) is 6.56. The molecule has 2 rings (SSSR count). The van der Waals surface area contributed by atoms with Crippen LogP contribution in [-0.2, 0) is 4.79 Å². The first kappa shape index (κ1) is 19.0. The van der Waals surface area contributed by atoms with Gasteiger partial charge in [-0.15, -0.1) is 0 Å². The van der Waals surface area contributed by atoms with Crippen molar-refractivity contribution in [3.05, 3.63) is 41.9 Å². The maximum Gasteiger partial charge on any atom is 0.253 e. The van der Waals surface area contributed by atoms with Crippen molar-refractivity contribution in [3.8, 4) is 0 Å². The second-order valence-electron chi connectivity index (χ2n) is 6.54. The average molecular weight is 347 g/mol. The molecule has 1 heterocycles. The van der Waals surface area contributed by atoms with Gasteiger partial charge in [0, 0.05) is 44.4 Å². The number of rotatable bonds is 7. The topological polar surface area (TPSA) is 52.7 Å². The van der Waals surface area contributed by atoms with Crippen LogP contribution in [0.1, 0.15) is 36.5 Å². The van der Waals surface area contributed by atoms with Crippen LogP contribution < -0.4 is 10.2 Å². The molecule has 1 aliphatic rings. The van der Waals surface area contributed by atoms with Gasteiger partial charge in [-0.2, -0.15) is 0 Å². The zero-order valence-corrected chi connectivity index (χ0v) is 14.9. The van der Waals surface area contributed by atoms with Crippen molar-refractivity contribution < 1.29 is 14.0 Å². The second kappa shape index (κ2) is 8.65. The van der Waals surface area contributed by atoms with Crippen molar-refractivity contribution in [2.45, 2.75) is 26.2 Å². The molecular formula is C19H26FN3O2. The molecule has 136 valence electrons. The van der Waals surface area contributed by atoms with Crippen LogP contribution >= 0.6 is 0 Å². The first-order chi connectivity index (χ1) is 12.0. The Labute approximate surface area is 148 Å². The number of benzene rings is 1. The molecule has 0 radical (unpaired) electrons. The predicted molar refractivity (Wildman–Crippen MR) is 96.9 cm³/mol. The van der Waals surface area contributed by atoms with Crippen LogP contribution in [0.15, 0.2) is 30.5 Å². The summed E-state index contributed by atoms with van der Waals surface area (Å²) in [6, 6.07) is 4.19. The number of nitrogens with one attached hydrogen (secondary N) is 1. The van der Waals surface area contributed by atoms with Crippen molar-refractivity contribution in [2.24, 2.45) is 5.92 Å². The highest BCUT2D eigenvalue weighted by Gasteiger charge is 2.23. The summed E-state index contributed by atoms with van der Waals surface area (Å²) in [5.74, 6) is -0.0109. The minimum atomic E-state index is -0.522. The zero-order chi connectivity index (χ0) is 18.4. The third-order valence-corrected chi connectivity index (χ3v) is 4.71. The van der Waals surface area contributed by atoms with Gasteiger partial charge in [-0.3, -0.25) is 9.59 Å². The van der Waals surface area contributed by atoms with Crippen LogP contribution in [0.3, 0.4) is 0 Å². The predicted octanol–water partition coefficient (Wildman–Crippen LogP) is 2.78. The summed E-state index contributed by atoms with van der Waals surface area (Å²) in [7, 11) is 1.74. The van der Waals surface area contributed by atoms with Gasteiger partial charge in [0.05, 0.1) is 5.69 Å². The van der Waals surface area contributed by atoms with E-state index in [9.17, 15) is 14.0 Å². The fraction of sp³-hybridized carbons (Fsp3) is 0.474. The van der Waals surface area contributed by atoms with E-state index in [0.717, 1.165) is 18.5 Å². The number of carbonyl (C=O) groups excluding carboxylic acids is 2. The van der Waals surface area contributed by atoms with E-state index in [1.165, 1.54) is 23.1 Å². The minimum absolute atomic E-state index is 0.112. The van der Waals surface area contributed by atoms with Crippen LogP contribution in [0.4, 0.5) is 10.1 Å². The van der Waals surface area contributed by atoms with Crippen LogP contribution in [0.25, 0.3) is 0 Å². The van der Waals surface area contributed by atoms with Gasteiger partial charge in [0.1, 0.15) is 5.82 Å². The van der Waals surface area contributed by atoms with Gasteiger partial charge in [0.25, 0.3) is 5.91 Å². The minimum Gasteiger partial charge on any atom is -0.392 e. The SMILES string of the molecule is C=C(CCN(C=O)c1cc(C(=O)N2CCC(C)CC2)ccc1F)NC. The van der Waals surface area contributed by atoms with Gasteiger partial charge in [0.15, 0.2) is 0 Å². The Morgan fingerprint density at radius 2 is 2.12 bits per heavy atom. The lowest BCUT2D eigenvalue weighted by Crippen LogP contribution is -2.38. The van der Waals surface area contributed by atoms with Crippen molar-refractivity contribution in [2.75, 3.05) is 31.6 Å². The Hall–Kier alpha value is -2.37. The summed E-state index contributed by atoms with van der Waals surface area (Å²) in [6.07, 6.45) is 3.04. The number of carbonyl (C=O) groups is 2. The van der Waals surface area contributed by atoms with E-state index in [-0.39, 0.29) is 11.6 Å². The van der Waals surface area contributed by atoms with Gasteiger partial charge in [0.2, 0.25) is 6.41 Å². The summed E-state index contributed by atoms with van der Waals surface area (Å²) in [5, 5.41) is 2.90. The summed E-state index contributed by atoms with van der Waals surface area (Å²) >= 11 is 0. The largest absolute Gasteiger partial charge is 0.392 e. The molecule has 0 atom stereocenters. The van der Waals surface area contributed by atoms with Gasteiger partial charge in [-0.05, 0) is 37.0 Å². The third kappa shape index (κ3) is 4.81. The molecule has 6 heteroatoms. The average Bonchev–Trinajstić information content (AvgIpc) is 2.63. The summed E-state index contributed by atoms with van der Waals surface area (Å²) in [5.41, 5.74) is 1.28. The van der Waals surface area contributed by atoms with Crippen LogP contribution in [-0.4, -0.2) is 43.9 Å². The molecule has 1 N–H and O–H groups in total. The first-order valence-electron chi connectivity index (χ1n) is 8.62. The molecule has 1 fully saturated rings. The second-order valence-corrected chi connectivity index (χ2v) is 6.54. The smallest absolute Gasteiger partial charge is 0.253 e. The van der Waals surface area contributed by atoms with Gasteiger partial charge in [-0.1, -0.05) is 13.5 Å². The normalized spacial score (nSPS) is 14.9. The molecule has 0 saturated carbocycles. The lowest BCUT2D eigenvalue weighted by atomic mass is 9.98. The van der Waals surface area contributed by atoms with E-state index in [1.807, 2.05) is 0 Å². The van der Waals surface area contributed by atoms with E-state index < -0.39 is 5.82 Å². The molecule has 0 unspecified atom stereocenters. The van der Waals surface area contributed by atoms with E-state index in [1.54, 1.807) is 11.9 Å². The van der Waals surface area contributed by atoms with E-state index in [0.29, 0.717) is 43.9 Å². The summed E-state index contributed by atoms with van der Waals surface area (Å²) in [6.45, 7) is 7.70. The maximum absolute atomic E-state index is 14.2. The van der Waals surface area contributed by atoms with Gasteiger partial charge < -0.3 is 15.1 Å². The van der Waals surface area contributed by atoms with Crippen molar-refractivity contribution in [1.82, 2.24) is 10.2 Å². The Morgan fingerprint density at radius 1 is 1.44 bits per heavy atom. The monoisotopic (exact) mass is 347 g/mol. The Morgan fingerprint density at radius 3 is 2.72 bits per heavy atom. The fourth-order valence-electron chi connectivity index (χ4n) is 2.87. The molecular weight excluding hydrogens is 321 g/mol.